The van der Waals surface area contributed by atoms with E-state index in [0.29, 0.717) is 18.7 Å². The predicted octanol–water partition coefficient (Wildman–Crippen LogP) is 2.42. The smallest absolute Gasteiger partial charge is 0.335 e. The van der Waals surface area contributed by atoms with E-state index >= 15 is 0 Å². The summed E-state index contributed by atoms with van der Waals surface area (Å²) < 4.78 is 0. The third kappa shape index (κ3) is 2.24. The third-order valence-electron chi connectivity index (χ3n) is 2.86. The fourth-order valence-corrected chi connectivity index (χ4v) is 2.02. The van der Waals surface area contributed by atoms with E-state index in [1.807, 2.05) is 6.92 Å². The zero-order valence-corrected chi connectivity index (χ0v) is 10.6. The maximum atomic E-state index is 11.9. The number of anilines is 1. The minimum Gasteiger partial charge on any atom is -0.478 e. The molecule has 1 aliphatic heterocycles. The molecule has 1 aromatic carbocycles. The van der Waals surface area contributed by atoms with Gasteiger partial charge in [-0.05, 0) is 30.2 Å². The Hall–Kier alpha value is -1.81. The van der Waals surface area contributed by atoms with E-state index in [4.69, 9.17) is 16.7 Å². The molecule has 1 aliphatic rings. The minimum atomic E-state index is -0.998. The van der Waals surface area contributed by atoms with Crippen molar-refractivity contribution in [3.05, 3.63) is 40.4 Å². The van der Waals surface area contributed by atoms with Gasteiger partial charge in [-0.1, -0.05) is 17.7 Å². The highest BCUT2D eigenvalue weighted by molar-refractivity contribution is 6.25. The molecule has 5 heteroatoms. The lowest BCUT2D eigenvalue weighted by Gasteiger charge is -2.17. The minimum absolute atomic E-state index is 0.0367. The van der Waals surface area contributed by atoms with Crippen LogP contribution in [-0.4, -0.2) is 23.5 Å². The number of carbonyl (C=O) groups excluding carboxylic acids is 1. The Balaban J connectivity index is 2.39. The van der Waals surface area contributed by atoms with Gasteiger partial charge in [-0.25, -0.2) is 4.79 Å². The molecule has 0 bridgehead atoms. The van der Waals surface area contributed by atoms with Crippen LogP contribution in [0.1, 0.15) is 22.8 Å². The molecule has 94 valence electrons. The maximum Gasteiger partial charge on any atom is 0.335 e. The van der Waals surface area contributed by atoms with Crippen molar-refractivity contribution in [3.63, 3.8) is 0 Å². The van der Waals surface area contributed by atoms with Crippen molar-refractivity contribution < 1.29 is 14.7 Å². The van der Waals surface area contributed by atoms with Crippen molar-refractivity contribution >= 4 is 29.2 Å². The number of carboxylic acid groups (broad SMARTS) is 1. The number of rotatable bonds is 3. The van der Waals surface area contributed by atoms with Crippen LogP contribution < -0.4 is 4.90 Å². The highest BCUT2D eigenvalue weighted by Crippen LogP contribution is 2.30. The Morgan fingerprint density at radius 3 is 2.89 bits per heavy atom. The molecule has 2 rings (SSSR count). The summed E-state index contributed by atoms with van der Waals surface area (Å²) in [6.45, 7) is 2.21. The third-order valence-corrected chi connectivity index (χ3v) is 3.23. The fourth-order valence-electron chi connectivity index (χ4n) is 1.95. The quantitative estimate of drug-likeness (QED) is 0.913. The standard InChI is InChI=1S/C13H12ClNO3/c1-8(6-14)7-15-11-4-10(13(17)18)3-2-9(11)5-12(15)16/h2-4,6H,5,7H2,1H3,(H,17,18)/b8-6-. The van der Waals surface area contributed by atoms with E-state index in [1.165, 1.54) is 17.7 Å². The molecule has 1 amide bonds. The summed E-state index contributed by atoms with van der Waals surface area (Å²) in [5.41, 5.74) is 3.97. The van der Waals surface area contributed by atoms with Gasteiger partial charge in [0.15, 0.2) is 0 Å². The average Bonchev–Trinajstić information content (AvgIpc) is 2.65. The fraction of sp³-hybridized carbons (Fsp3) is 0.231. The van der Waals surface area contributed by atoms with Gasteiger partial charge >= 0.3 is 5.97 Å². The molecular weight excluding hydrogens is 254 g/mol. The van der Waals surface area contributed by atoms with Crippen LogP contribution >= 0.6 is 11.6 Å². The Morgan fingerprint density at radius 1 is 1.56 bits per heavy atom. The first-order valence-electron chi connectivity index (χ1n) is 5.45. The average molecular weight is 266 g/mol. The van der Waals surface area contributed by atoms with Crippen LogP contribution in [0.4, 0.5) is 5.69 Å². The number of carbonyl (C=O) groups is 2. The van der Waals surface area contributed by atoms with Gasteiger partial charge in [-0.2, -0.15) is 0 Å². The van der Waals surface area contributed by atoms with Crippen molar-refractivity contribution in [2.45, 2.75) is 13.3 Å². The van der Waals surface area contributed by atoms with Gasteiger partial charge in [0.05, 0.1) is 12.0 Å². The van der Waals surface area contributed by atoms with E-state index in [2.05, 4.69) is 0 Å². The zero-order valence-electron chi connectivity index (χ0n) is 9.81. The van der Waals surface area contributed by atoms with Gasteiger partial charge in [0.25, 0.3) is 0 Å². The van der Waals surface area contributed by atoms with Crippen LogP contribution in [0.3, 0.4) is 0 Å². The normalized spacial score (nSPS) is 14.9. The first-order valence-corrected chi connectivity index (χ1v) is 5.89. The van der Waals surface area contributed by atoms with Crippen LogP contribution in [0, 0.1) is 0 Å². The molecule has 0 aromatic heterocycles. The molecule has 1 aromatic rings. The summed E-state index contributed by atoms with van der Waals surface area (Å²) >= 11 is 5.59. The van der Waals surface area contributed by atoms with Crippen molar-refractivity contribution in [1.29, 1.82) is 0 Å². The second-order valence-corrected chi connectivity index (χ2v) is 4.48. The summed E-state index contributed by atoms with van der Waals surface area (Å²) in [7, 11) is 0. The Kier molecular flexibility index (Phi) is 3.39. The molecule has 4 nitrogen and oxygen atoms in total. The van der Waals surface area contributed by atoms with Gasteiger partial charge < -0.3 is 10.0 Å². The monoisotopic (exact) mass is 265 g/mol. The zero-order chi connectivity index (χ0) is 13.3. The van der Waals surface area contributed by atoms with Gasteiger partial charge in [-0.3, -0.25) is 4.79 Å². The van der Waals surface area contributed by atoms with E-state index in [9.17, 15) is 9.59 Å². The molecule has 0 spiro atoms. The number of aromatic carboxylic acids is 1. The van der Waals surface area contributed by atoms with E-state index in [-0.39, 0.29) is 11.5 Å². The van der Waals surface area contributed by atoms with Crippen LogP contribution in [-0.2, 0) is 11.2 Å². The Morgan fingerprint density at radius 2 is 2.28 bits per heavy atom. The molecule has 0 saturated carbocycles. The summed E-state index contributed by atoms with van der Waals surface area (Å²) in [4.78, 5) is 24.4. The molecular formula is C13H12ClNO3. The number of benzene rings is 1. The highest BCUT2D eigenvalue weighted by atomic mass is 35.5. The maximum absolute atomic E-state index is 11.9. The highest BCUT2D eigenvalue weighted by Gasteiger charge is 2.27. The van der Waals surface area contributed by atoms with Gasteiger partial charge in [0.1, 0.15) is 0 Å². The van der Waals surface area contributed by atoms with Crippen molar-refractivity contribution in [3.8, 4) is 0 Å². The molecule has 0 fully saturated rings. The summed E-state index contributed by atoms with van der Waals surface area (Å²) in [6.07, 6.45) is 0.310. The summed E-state index contributed by atoms with van der Waals surface area (Å²) in [6, 6.07) is 4.74. The lowest BCUT2D eigenvalue weighted by molar-refractivity contribution is -0.117. The first-order chi connectivity index (χ1) is 8.52. The Labute approximate surface area is 109 Å². The lowest BCUT2D eigenvalue weighted by atomic mass is 10.1. The van der Waals surface area contributed by atoms with Gasteiger partial charge in [0, 0.05) is 17.8 Å². The Bertz CT molecular complexity index is 551. The van der Waals surface area contributed by atoms with Crippen LogP contribution in [0.25, 0.3) is 0 Å². The van der Waals surface area contributed by atoms with Crippen LogP contribution in [0.5, 0.6) is 0 Å². The molecule has 0 unspecified atom stereocenters. The SMILES string of the molecule is C/C(=C/Cl)CN1C(=O)Cc2ccc(C(=O)O)cc21. The largest absolute Gasteiger partial charge is 0.478 e. The van der Waals surface area contributed by atoms with E-state index in [1.54, 1.807) is 11.0 Å². The van der Waals surface area contributed by atoms with E-state index < -0.39 is 5.97 Å². The van der Waals surface area contributed by atoms with Gasteiger partial charge in [0.2, 0.25) is 5.91 Å². The summed E-state index contributed by atoms with van der Waals surface area (Å²) in [5, 5.41) is 8.96. The topological polar surface area (TPSA) is 57.6 Å². The van der Waals surface area contributed by atoms with Crippen LogP contribution in [0.2, 0.25) is 0 Å². The van der Waals surface area contributed by atoms with Crippen LogP contribution in [0.15, 0.2) is 29.3 Å². The number of amides is 1. The lowest BCUT2D eigenvalue weighted by Crippen LogP contribution is -2.28. The number of hydrogen-bond acceptors (Lipinski definition) is 2. The number of halogens is 1. The molecule has 1 N–H and O–H groups in total. The number of hydrogen-bond donors (Lipinski definition) is 1. The number of fused-ring (bicyclic) bond motifs is 1. The van der Waals surface area contributed by atoms with Gasteiger partial charge in [-0.15, -0.1) is 0 Å². The molecule has 0 aliphatic carbocycles. The predicted molar refractivity (Wildman–Crippen MR) is 69.1 cm³/mol. The van der Waals surface area contributed by atoms with Crippen molar-refractivity contribution in [2.75, 3.05) is 11.4 Å². The second-order valence-electron chi connectivity index (χ2n) is 4.26. The molecule has 0 saturated heterocycles. The van der Waals surface area contributed by atoms with Crippen molar-refractivity contribution in [2.24, 2.45) is 0 Å². The molecule has 1 heterocycles. The molecule has 0 radical (unpaired) electrons. The van der Waals surface area contributed by atoms with E-state index in [0.717, 1.165) is 11.1 Å². The molecule has 18 heavy (non-hydrogen) atoms. The first kappa shape index (κ1) is 12.6. The summed E-state index contributed by atoms with van der Waals surface area (Å²) in [5.74, 6) is -1.04. The second kappa shape index (κ2) is 4.82. The number of nitrogens with zero attached hydrogens (tertiary/aromatic N) is 1. The van der Waals surface area contributed by atoms with Crippen molar-refractivity contribution in [1.82, 2.24) is 0 Å². The molecule has 0 atom stereocenters. The number of carboxylic acids is 1.